The van der Waals surface area contributed by atoms with Crippen LogP contribution in [0.3, 0.4) is 0 Å². The van der Waals surface area contributed by atoms with Gasteiger partial charge in [0.2, 0.25) is 5.91 Å². The quantitative estimate of drug-likeness (QED) is 0.574. The second kappa shape index (κ2) is 8.37. The zero-order valence-corrected chi connectivity index (χ0v) is 16.3. The van der Waals surface area contributed by atoms with E-state index in [0.717, 1.165) is 12.8 Å². The van der Waals surface area contributed by atoms with Crippen LogP contribution in [0.5, 0.6) is 11.5 Å². The number of hydrogen-bond acceptors (Lipinski definition) is 3. The maximum atomic E-state index is 12.6. The lowest BCUT2D eigenvalue weighted by Crippen LogP contribution is -2.14. The molecule has 0 bridgehead atoms. The number of carbonyl (C=O) groups excluding carboxylic acids is 2. The molecule has 6 heteroatoms. The summed E-state index contributed by atoms with van der Waals surface area (Å²) in [5.41, 5.74) is 2.61. The van der Waals surface area contributed by atoms with Crippen molar-refractivity contribution in [3.8, 4) is 11.5 Å². The first-order valence-electron chi connectivity index (χ1n) is 9.35. The molecule has 0 aliphatic carbocycles. The Labute approximate surface area is 173 Å². The average Bonchev–Trinajstić information content (AvgIpc) is 2.84. The molecular weight excluding hydrogens is 388 g/mol. The van der Waals surface area contributed by atoms with E-state index in [0.29, 0.717) is 39.9 Å². The number of aryl methyl sites for hydroxylation is 1. The molecule has 3 aromatic rings. The normalized spacial score (nSPS) is 12.1. The average molecular weight is 407 g/mol. The summed E-state index contributed by atoms with van der Waals surface area (Å²) in [4.78, 5) is 24.9. The van der Waals surface area contributed by atoms with E-state index in [2.05, 4.69) is 10.6 Å². The maximum Gasteiger partial charge on any atom is 0.259 e. The van der Waals surface area contributed by atoms with Gasteiger partial charge in [0.1, 0.15) is 5.75 Å². The number of carbonyl (C=O) groups is 2. The van der Waals surface area contributed by atoms with Crippen LogP contribution >= 0.6 is 11.6 Å². The standard InChI is InChI=1S/C23H19ClN2O3/c24-16-9-11-21-19(13-16)26-23(28)18-14-17(10-12-20(18)29-21)25-22(27)8-4-7-15-5-2-1-3-6-15/h1-3,5-6,9-14H,4,7-8H2,(H,25,27)(H,26,28). The van der Waals surface area contributed by atoms with Crippen LogP contribution in [0.1, 0.15) is 28.8 Å². The number of ether oxygens (including phenoxy) is 1. The SMILES string of the molecule is O=C(CCCc1ccccc1)Nc1ccc2c(c1)C(=O)Nc1cc(Cl)ccc1O2. The van der Waals surface area contributed by atoms with Crippen molar-refractivity contribution in [3.05, 3.63) is 82.9 Å². The van der Waals surface area contributed by atoms with E-state index < -0.39 is 0 Å². The van der Waals surface area contributed by atoms with Crippen molar-refractivity contribution in [1.29, 1.82) is 0 Å². The zero-order valence-electron chi connectivity index (χ0n) is 15.6. The van der Waals surface area contributed by atoms with Crippen molar-refractivity contribution in [3.63, 3.8) is 0 Å². The highest BCUT2D eigenvalue weighted by Gasteiger charge is 2.21. The number of benzene rings is 3. The predicted molar refractivity (Wildman–Crippen MR) is 114 cm³/mol. The van der Waals surface area contributed by atoms with E-state index in [-0.39, 0.29) is 11.8 Å². The van der Waals surface area contributed by atoms with E-state index >= 15 is 0 Å². The summed E-state index contributed by atoms with van der Waals surface area (Å²) >= 11 is 6.00. The minimum absolute atomic E-state index is 0.0918. The largest absolute Gasteiger partial charge is 0.454 e. The minimum atomic E-state index is -0.318. The van der Waals surface area contributed by atoms with E-state index in [9.17, 15) is 9.59 Å². The van der Waals surface area contributed by atoms with E-state index in [1.54, 1.807) is 36.4 Å². The van der Waals surface area contributed by atoms with Crippen LogP contribution < -0.4 is 15.4 Å². The lowest BCUT2D eigenvalue weighted by Gasteiger charge is -2.10. The van der Waals surface area contributed by atoms with E-state index in [1.165, 1.54) is 5.56 Å². The molecule has 146 valence electrons. The maximum absolute atomic E-state index is 12.6. The summed E-state index contributed by atoms with van der Waals surface area (Å²) in [6.07, 6.45) is 1.99. The number of halogens is 1. The van der Waals surface area contributed by atoms with Crippen molar-refractivity contribution in [2.45, 2.75) is 19.3 Å². The Bertz CT molecular complexity index is 1070. The lowest BCUT2D eigenvalue weighted by atomic mass is 10.1. The van der Waals surface area contributed by atoms with Crippen LogP contribution in [0.25, 0.3) is 0 Å². The molecule has 0 aromatic heterocycles. The summed E-state index contributed by atoms with van der Waals surface area (Å²) in [6, 6.07) is 20.1. The van der Waals surface area contributed by atoms with Crippen LogP contribution in [-0.4, -0.2) is 11.8 Å². The fourth-order valence-corrected chi connectivity index (χ4v) is 3.36. The number of fused-ring (bicyclic) bond motifs is 2. The molecule has 1 aliphatic heterocycles. The summed E-state index contributed by atoms with van der Waals surface area (Å²) in [7, 11) is 0. The second-order valence-corrected chi connectivity index (χ2v) is 7.23. The highest BCUT2D eigenvalue weighted by molar-refractivity contribution is 6.31. The fourth-order valence-electron chi connectivity index (χ4n) is 3.19. The summed E-state index contributed by atoms with van der Waals surface area (Å²) < 4.78 is 5.85. The molecule has 1 aliphatic rings. The fraction of sp³-hybridized carbons (Fsp3) is 0.130. The molecule has 0 fully saturated rings. The summed E-state index contributed by atoms with van der Waals surface area (Å²) in [6.45, 7) is 0. The van der Waals surface area contributed by atoms with Gasteiger partial charge in [0, 0.05) is 17.1 Å². The molecule has 3 aromatic carbocycles. The smallest absolute Gasteiger partial charge is 0.259 e. The van der Waals surface area contributed by atoms with Gasteiger partial charge in [-0.05, 0) is 54.8 Å². The third-order valence-electron chi connectivity index (χ3n) is 4.63. The number of nitrogens with one attached hydrogen (secondary N) is 2. The van der Waals surface area contributed by atoms with Gasteiger partial charge in [-0.15, -0.1) is 0 Å². The van der Waals surface area contributed by atoms with Crippen molar-refractivity contribution in [1.82, 2.24) is 0 Å². The molecule has 0 radical (unpaired) electrons. The molecule has 0 saturated carbocycles. The molecular formula is C23H19ClN2O3. The van der Waals surface area contributed by atoms with Crippen LogP contribution in [0, 0.1) is 0 Å². The first-order valence-corrected chi connectivity index (χ1v) is 9.73. The molecule has 0 unspecified atom stereocenters. The third kappa shape index (κ3) is 4.58. The first-order chi connectivity index (χ1) is 14.1. The van der Waals surface area contributed by atoms with Crippen LogP contribution in [-0.2, 0) is 11.2 Å². The van der Waals surface area contributed by atoms with E-state index in [4.69, 9.17) is 16.3 Å². The Morgan fingerprint density at radius 1 is 1.00 bits per heavy atom. The third-order valence-corrected chi connectivity index (χ3v) is 4.86. The topological polar surface area (TPSA) is 67.4 Å². The number of amides is 2. The van der Waals surface area contributed by atoms with Crippen molar-refractivity contribution < 1.29 is 14.3 Å². The predicted octanol–water partition coefficient (Wildman–Crippen LogP) is 5.66. The van der Waals surface area contributed by atoms with Crippen LogP contribution in [0.2, 0.25) is 5.02 Å². The number of anilines is 2. The molecule has 0 spiro atoms. The van der Waals surface area contributed by atoms with Gasteiger partial charge in [-0.25, -0.2) is 0 Å². The van der Waals surface area contributed by atoms with Crippen molar-refractivity contribution in [2.75, 3.05) is 10.6 Å². The Morgan fingerprint density at radius 3 is 2.62 bits per heavy atom. The Hall–Kier alpha value is -3.31. The molecule has 5 nitrogen and oxygen atoms in total. The van der Waals surface area contributed by atoms with Crippen LogP contribution in [0.4, 0.5) is 11.4 Å². The molecule has 2 N–H and O–H groups in total. The first kappa shape index (κ1) is 19.0. The van der Waals surface area contributed by atoms with Gasteiger partial charge >= 0.3 is 0 Å². The van der Waals surface area contributed by atoms with Gasteiger partial charge in [-0.1, -0.05) is 41.9 Å². The van der Waals surface area contributed by atoms with Gasteiger partial charge < -0.3 is 15.4 Å². The lowest BCUT2D eigenvalue weighted by molar-refractivity contribution is -0.116. The second-order valence-electron chi connectivity index (χ2n) is 6.79. The van der Waals surface area contributed by atoms with Crippen LogP contribution in [0.15, 0.2) is 66.7 Å². The van der Waals surface area contributed by atoms with Gasteiger partial charge in [0.05, 0.1) is 11.3 Å². The van der Waals surface area contributed by atoms with Crippen molar-refractivity contribution in [2.24, 2.45) is 0 Å². The molecule has 29 heavy (non-hydrogen) atoms. The Morgan fingerprint density at radius 2 is 1.79 bits per heavy atom. The highest BCUT2D eigenvalue weighted by atomic mass is 35.5. The Kier molecular flexibility index (Phi) is 5.49. The number of hydrogen-bond donors (Lipinski definition) is 2. The Balaban J connectivity index is 1.42. The zero-order chi connectivity index (χ0) is 20.2. The van der Waals surface area contributed by atoms with E-state index in [1.807, 2.05) is 30.3 Å². The highest BCUT2D eigenvalue weighted by Crippen LogP contribution is 2.37. The van der Waals surface area contributed by atoms with Gasteiger partial charge in [0.25, 0.3) is 5.91 Å². The summed E-state index contributed by atoms with van der Waals surface area (Å²) in [5, 5.41) is 6.15. The van der Waals surface area contributed by atoms with Crippen molar-refractivity contribution >= 4 is 34.8 Å². The molecule has 4 rings (SSSR count). The monoisotopic (exact) mass is 406 g/mol. The number of rotatable bonds is 5. The van der Waals surface area contributed by atoms with Gasteiger partial charge in [0.15, 0.2) is 5.75 Å². The molecule has 2 amide bonds. The van der Waals surface area contributed by atoms with Gasteiger partial charge in [-0.3, -0.25) is 9.59 Å². The summed E-state index contributed by atoms with van der Waals surface area (Å²) in [5.74, 6) is 0.525. The van der Waals surface area contributed by atoms with Gasteiger partial charge in [-0.2, -0.15) is 0 Å². The minimum Gasteiger partial charge on any atom is -0.454 e. The molecule has 0 saturated heterocycles. The molecule has 0 atom stereocenters. The molecule has 1 heterocycles.